The van der Waals surface area contributed by atoms with Gasteiger partial charge in [0, 0.05) is 6.08 Å². The molecule has 0 aliphatic rings. The molecule has 0 spiro atoms. The lowest BCUT2D eigenvalue weighted by Gasteiger charge is -2.14. The second kappa shape index (κ2) is 8.87. The Kier molecular flexibility index (Phi) is 6.58. The lowest BCUT2D eigenvalue weighted by molar-refractivity contribution is -0.131. The molecule has 0 radical (unpaired) electrons. The number of aryl methyl sites for hydroxylation is 1. The zero-order chi connectivity index (χ0) is 19.1. The first-order chi connectivity index (χ1) is 12.4. The van der Waals surface area contributed by atoms with E-state index in [1.54, 1.807) is 6.92 Å². The quantitative estimate of drug-likeness (QED) is 0.550. The van der Waals surface area contributed by atoms with Crippen molar-refractivity contribution in [1.82, 2.24) is 5.48 Å². The predicted octanol–water partition coefficient (Wildman–Crippen LogP) is 4.18. The van der Waals surface area contributed by atoms with Gasteiger partial charge < -0.3 is 9.84 Å². The minimum atomic E-state index is -0.963. The van der Waals surface area contributed by atoms with Crippen LogP contribution < -0.4 is 10.2 Å². The fourth-order valence-electron chi connectivity index (χ4n) is 2.63. The molecule has 2 aromatic carbocycles. The third-order valence-corrected chi connectivity index (χ3v) is 3.91. The zero-order valence-electron chi connectivity index (χ0n) is 15.2. The average Bonchev–Trinajstić information content (AvgIpc) is 2.60. The van der Waals surface area contributed by atoms with Gasteiger partial charge in [0.05, 0.1) is 12.8 Å². The number of hydrogen-bond donors (Lipinski definition) is 2. The topological polar surface area (TPSA) is 67.8 Å². The maximum absolute atomic E-state index is 10.9. The van der Waals surface area contributed by atoms with Crippen LogP contribution >= 0.6 is 0 Å². The van der Waals surface area contributed by atoms with Crippen LogP contribution in [0.25, 0.3) is 11.3 Å². The Bertz CT molecular complexity index is 840. The first-order valence-electron chi connectivity index (χ1n) is 8.13. The summed E-state index contributed by atoms with van der Waals surface area (Å²) in [5, 5.41) is 8.96. The average molecular weight is 353 g/mol. The third-order valence-electron chi connectivity index (χ3n) is 3.91. The lowest BCUT2D eigenvalue weighted by atomic mass is 10.0. The number of carbonyl (C=O) groups is 1. The molecule has 5 heteroatoms. The number of aliphatic carboxylic acids is 1. The molecule has 5 nitrogen and oxygen atoms in total. The Labute approximate surface area is 153 Å². The summed E-state index contributed by atoms with van der Waals surface area (Å²) < 4.78 is 5.96. The number of benzene rings is 2. The Morgan fingerprint density at radius 1 is 1.27 bits per heavy atom. The number of carboxylic acid groups (broad SMARTS) is 1. The molecular formula is C21H23NO4. The first-order valence-corrected chi connectivity index (χ1v) is 8.13. The number of allylic oxidation sites excluding steroid dienone is 1. The van der Waals surface area contributed by atoms with Gasteiger partial charge in [0.2, 0.25) is 0 Å². The van der Waals surface area contributed by atoms with Crippen molar-refractivity contribution in [3.05, 3.63) is 77.4 Å². The van der Waals surface area contributed by atoms with E-state index < -0.39 is 5.97 Å². The van der Waals surface area contributed by atoms with Gasteiger partial charge in [-0.1, -0.05) is 30.8 Å². The van der Waals surface area contributed by atoms with Crippen LogP contribution in [0.3, 0.4) is 0 Å². The molecule has 2 aromatic rings. The highest BCUT2D eigenvalue weighted by atomic mass is 16.6. The molecule has 0 amide bonds. The molecule has 0 saturated carbocycles. The number of ether oxygens (including phenoxy) is 1. The van der Waals surface area contributed by atoms with Gasteiger partial charge in [0.15, 0.2) is 0 Å². The molecular weight excluding hydrogens is 330 g/mol. The van der Waals surface area contributed by atoms with Crippen molar-refractivity contribution in [1.29, 1.82) is 0 Å². The van der Waals surface area contributed by atoms with Crippen molar-refractivity contribution in [2.75, 3.05) is 7.11 Å². The highest BCUT2D eigenvalue weighted by Gasteiger charge is 2.08. The van der Waals surface area contributed by atoms with Gasteiger partial charge in [0.25, 0.3) is 0 Å². The number of nitrogens with one attached hydrogen (secondary N) is 1. The fraction of sp³-hybridized carbons (Fsp3) is 0.190. The van der Waals surface area contributed by atoms with Crippen molar-refractivity contribution in [2.45, 2.75) is 20.5 Å². The number of hydroxylamine groups is 1. The van der Waals surface area contributed by atoms with E-state index in [1.165, 1.54) is 13.2 Å². The van der Waals surface area contributed by atoms with Crippen LogP contribution in [0.5, 0.6) is 5.75 Å². The summed E-state index contributed by atoms with van der Waals surface area (Å²) in [6.07, 6.45) is 1.20. The smallest absolute Gasteiger partial charge is 0.328 e. The minimum Gasteiger partial charge on any atom is -0.489 e. The van der Waals surface area contributed by atoms with Crippen molar-refractivity contribution in [2.24, 2.45) is 0 Å². The van der Waals surface area contributed by atoms with Crippen molar-refractivity contribution >= 4 is 17.2 Å². The summed E-state index contributed by atoms with van der Waals surface area (Å²) in [5.74, 6) is -0.205. The summed E-state index contributed by atoms with van der Waals surface area (Å²) in [6, 6.07) is 13.4. The molecule has 0 bridgehead atoms. The Morgan fingerprint density at radius 3 is 2.65 bits per heavy atom. The van der Waals surface area contributed by atoms with E-state index in [-0.39, 0.29) is 0 Å². The van der Waals surface area contributed by atoms with E-state index in [0.717, 1.165) is 28.0 Å². The second-order valence-corrected chi connectivity index (χ2v) is 5.88. The zero-order valence-corrected chi connectivity index (χ0v) is 15.2. The highest BCUT2D eigenvalue weighted by Crippen LogP contribution is 2.25. The van der Waals surface area contributed by atoms with E-state index in [1.807, 2.05) is 49.4 Å². The molecule has 136 valence electrons. The molecule has 0 atom stereocenters. The van der Waals surface area contributed by atoms with E-state index in [0.29, 0.717) is 17.9 Å². The number of hydrogen-bond acceptors (Lipinski definition) is 4. The summed E-state index contributed by atoms with van der Waals surface area (Å²) >= 11 is 0. The summed E-state index contributed by atoms with van der Waals surface area (Å²) in [7, 11) is 1.54. The maximum Gasteiger partial charge on any atom is 0.328 e. The highest BCUT2D eigenvalue weighted by molar-refractivity contribution is 5.89. The monoisotopic (exact) mass is 353 g/mol. The summed E-state index contributed by atoms with van der Waals surface area (Å²) in [6.45, 7) is 7.99. The van der Waals surface area contributed by atoms with Crippen molar-refractivity contribution in [3.63, 3.8) is 0 Å². The maximum atomic E-state index is 10.9. The van der Waals surface area contributed by atoms with Crippen molar-refractivity contribution in [3.8, 4) is 5.75 Å². The fourth-order valence-corrected chi connectivity index (χ4v) is 2.63. The predicted molar refractivity (Wildman–Crippen MR) is 102 cm³/mol. The number of carboxylic acids is 1. The first kappa shape index (κ1) is 19.3. The SMILES string of the molecule is C=C(NOC)c1ccc(OCc2ccccc2C(C)=CC(=O)O)c(C)c1. The van der Waals surface area contributed by atoms with Gasteiger partial charge in [-0.15, -0.1) is 0 Å². The molecule has 0 aromatic heterocycles. The van der Waals surface area contributed by atoms with Crippen LogP contribution in [0.1, 0.15) is 29.2 Å². The molecule has 0 unspecified atom stereocenters. The standard InChI is InChI=1S/C21H23NO4/c1-14(12-21(23)24)19-8-6-5-7-18(19)13-26-20-10-9-17(11-15(20)2)16(3)22-25-4/h5-12,22H,3,13H2,1-2,4H3,(H,23,24). The van der Waals surface area contributed by atoms with Crippen LogP contribution in [-0.2, 0) is 16.2 Å². The Balaban J connectivity index is 2.17. The lowest BCUT2D eigenvalue weighted by Crippen LogP contribution is -2.09. The van der Waals surface area contributed by atoms with Crippen LogP contribution in [0.2, 0.25) is 0 Å². The van der Waals surface area contributed by atoms with Crippen LogP contribution in [0.15, 0.2) is 55.1 Å². The molecule has 0 heterocycles. The van der Waals surface area contributed by atoms with Crippen LogP contribution in [0, 0.1) is 6.92 Å². The molecule has 0 aliphatic heterocycles. The van der Waals surface area contributed by atoms with Crippen LogP contribution in [0.4, 0.5) is 0 Å². The number of rotatable bonds is 8. The van der Waals surface area contributed by atoms with Gasteiger partial charge in [-0.2, -0.15) is 0 Å². The van der Waals surface area contributed by atoms with E-state index in [9.17, 15) is 4.79 Å². The summed E-state index contributed by atoms with van der Waals surface area (Å²) in [5.41, 5.74) is 7.74. The Morgan fingerprint density at radius 2 is 2.00 bits per heavy atom. The van der Waals surface area contributed by atoms with Gasteiger partial charge in [-0.25, -0.2) is 4.79 Å². The molecule has 0 aliphatic carbocycles. The molecule has 0 saturated heterocycles. The molecule has 26 heavy (non-hydrogen) atoms. The van der Waals surface area contributed by atoms with E-state index in [4.69, 9.17) is 14.7 Å². The van der Waals surface area contributed by atoms with Crippen molar-refractivity contribution < 1.29 is 19.5 Å². The van der Waals surface area contributed by atoms with E-state index in [2.05, 4.69) is 12.1 Å². The van der Waals surface area contributed by atoms with Gasteiger partial charge in [-0.05, 0) is 59.9 Å². The molecule has 2 rings (SSSR count). The molecule has 2 N–H and O–H groups in total. The molecule has 0 fully saturated rings. The van der Waals surface area contributed by atoms with Gasteiger partial charge >= 0.3 is 5.97 Å². The van der Waals surface area contributed by atoms with Gasteiger partial charge in [0.1, 0.15) is 12.4 Å². The largest absolute Gasteiger partial charge is 0.489 e. The third kappa shape index (κ3) is 4.97. The van der Waals surface area contributed by atoms with Crippen LogP contribution in [-0.4, -0.2) is 18.2 Å². The minimum absolute atomic E-state index is 0.346. The van der Waals surface area contributed by atoms with Gasteiger partial charge in [-0.3, -0.25) is 10.3 Å². The normalized spacial score (nSPS) is 11.1. The second-order valence-electron chi connectivity index (χ2n) is 5.88. The summed E-state index contributed by atoms with van der Waals surface area (Å²) in [4.78, 5) is 15.8. The van der Waals surface area contributed by atoms with E-state index >= 15 is 0 Å². The Hall–Kier alpha value is -3.05.